The highest BCUT2D eigenvalue weighted by Crippen LogP contribution is 2.28. The van der Waals surface area contributed by atoms with Gasteiger partial charge in [0, 0.05) is 47.7 Å². The molecule has 0 radical (unpaired) electrons. The predicted molar refractivity (Wildman–Crippen MR) is 168 cm³/mol. The van der Waals surface area contributed by atoms with Crippen molar-refractivity contribution in [3.05, 3.63) is 95.3 Å². The zero-order chi connectivity index (χ0) is 30.6. The maximum absolute atomic E-state index is 13.0. The van der Waals surface area contributed by atoms with Gasteiger partial charge in [-0.15, -0.1) is 0 Å². The fraction of sp³-hybridized carbons (Fsp3) is 0.303. The van der Waals surface area contributed by atoms with Crippen molar-refractivity contribution in [2.75, 3.05) is 36.9 Å². The Labute approximate surface area is 251 Å². The Hall–Kier alpha value is -4.67. The van der Waals surface area contributed by atoms with Crippen molar-refractivity contribution in [2.45, 2.75) is 39.2 Å². The minimum Gasteiger partial charge on any atom is -0.373 e. The number of morpholine rings is 1. The molecule has 1 aliphatic rings. The molecule has 10 heteroatoms. The lowest BCUT2D eigenvalue weighted by Crippen LogP contribution is -2.48. The van der Waals surface area contributed by atoms with Crippen molar-refractivity contribution in [1.29, 1.82) is 0 Å². The smallest absolute Gasteiger partial charge is 0.255 e. The van der Waals surface area contributed by atoms with Crippen LogP contribution in [0.2, 0.25) is 0 Å². The highest BCUT2D eigenvalue weighted by atomic mass is 16.5. The Bertz CT molecular complexity index is 1600. The molecule has 0 aliphatic carbocycles. The molecule has 1 saturated heterocycles. The molecule has 3 aromatic carbocycles. The van der Waals surface area contributed by atoms with Gasteiger partial charge in [-0.05, 0) is 65.9 Å². The van der Waals surface area contributed by atoms with Gasteiger partial charge in [0.2, 0.25) is 5.95 Å². The van der Waals surface area contributed by atoms with Gasteiger partial charge in [0.15, 0.2) is 5.82 Å². The summed E-state index contributed by atoms with van der Waals surface area (Å²) in [5.74, 6) is 0.582. The summed E-state index contributed by atoms with van der Waals surface area (Å²) in [5.41, 5.74) is 11.1. The van der Waals surface area contributed by atoms with E-state index in [2.05, 4.69) is 46.4 Å². The van der Waals surface area contributed by atoms with Crippen LogP contribution in [0.5, 0.6) is 0 Å². The number of nitrogens with two attached hydrogens (primary N) is 1. The molecule has 10 nitrogen and oxygen atoms in total. The number of ether oxygens (including phenoxy) is 1. The molecule has 4 N–H and O–H groups in total. The summed E-state index contributed by atoms with van der Waals surface area (Å²) in [7, 11) is 0. The molecule has 222 valence electrons. The van der Waals surface area contributed by atoms with Crippen LogP contribution in [0.3, 0.4) is 0 Å². The molecule has 43 heavy (non-hydrogen) atoms. The van der Waals surface area contributed by atoms with E-state index in [1.807, 2.05) is 61.5 Å². The molecule has 1 unspecified atom stereocenters. The van der Waals surface area contributed by atoms with Crippen LogP contribution in [0.25, 0.3) is 11.4 Å². The van der Waals surface area contributed by atoms with Crippen LogP contribution in [0, 0.1) is 6.92 Å². The largest absolute Gasteiger partial charge is 0.373 e. The molecule has 2 heterocycles. The highest BCUT2D eigenvalue weighted by molar-refractivity contribution is 6.05. The fourth-order valence-corrected chi connectivity index (χ4v) is 4.87. The monoisotopic (exact) mass is 579 g/mol. The number of aromatic nitrogens is 3. The van der Waals surface area contributed by atoms with Gasteiger partial charge in [-0.1, -0.05) is 45.0 Å². The van der Waals surface area contributed by atoms with Crippen molar-refractivity contribution in [2.24, 2.45) is 5.73 Å². The lowest BCUT2D eigenvalue weighted by Gasteiger charge is -2.32. The standard InChI is InChI=1S/C33H37N7O3/c1-21-27(6-5-7-28(21)38-30(41)22-8-12-24(13-9-22)33(2,3)4)29-35-20-36-32(39-29)37-25-14-10-23(11-15-25)31(42)40-16-17-43-26(18-34)19-40/h5-15,20,26H,16-19,34H2,1-4H3,(H,38,41)(H,35,36,37,39). The van der Waals surface area contributed by atoms with Gasteiger partial charge in [0.05, 0.1) is 12.7 Å². The van der Waals surface area contributed by atoms with Gasteiger partial charge in [-0.25, -0.2) is 9.97 Å². The molecule has 0 spiro atoms. The van der Waals surface area contributed by atoms with E-state index in [4.69, 9.17) is 10.5 Å². The SMILES string of the molecule is Cc1c(NC(=O)c2ccc(C(C)(C)C)cc2)cccc1-c1ncnc(Nc2ccc(C(=O)N3CCOC(CN)C3)cc2)n1. The van der Waals surface area contributed by atoms with Crippen LogP contribution in [0.4, 0.5) is 17.3 Å². The number of hydrogen-bond donors (Lipinski definition) is 3. The highest BCUT2D eigenvalue weighted by Gasteiger charge is 2.24. The normalized spacial score (nSPS) is 15.2. The number of rotatable bonds is 7. The zero-order valence-corrected chi connectivity index (χ0v) is 24.9. The molecule has 1 atom stereocenters. The van der Waals surface area contributed by atoms with Crippen molar-refractivity contribution < 1.29 is 14.3 Å². The first-order valence-corrected chi connectivity index (χ1v) is 14.3. The first-order valence-electron chi connectivity index (χ1n) is 14.3. The quantitative estimate of drug-likeness (QED) is 0.280. The van der Waals surface area contributed by atoms with Gasteiger partial charge in [-0.2, -0.15) is 4.98 Å². The van der Waals surface area contributed by atoms with Crippen LogP contribution in [0.15, 0.2) is 73.1 Å². The average molecular weight is 580 g/mol. The number of benzene rings is 3. The first kappa shape index (κ1) is 29.8. The Balaban J connectivity index is 1.27. The molecule has 1 fully saturated rings. The minimum atomic E-state index is -0.187. The van der Waals surface area contributed by atoms with Gasteiger partial charge in [0.25, 0.3) is 11.8 Å². The molecule has 4 aromatic rings. The van der Waals surface area contributed by atoms with Crippen LogP contribution in [-0.2, 0) is 10.2 Å². The van der Waals surface area contributed by atoms with Crippen molar-refractivity contribution in [1.82, 2.24) is 19.9 Å². The van der Waals surface area contributed by atoms with Gasteiger partial charge >= 0.3 is 0 Å². The summed E-state index contributed by atoms with van der Waals surface area (Å²) in [4.78, 5) is 41.0. The average Bonchev–Trinajstić information content (AvgIpc) is 3.02. The third-order valence-corrected chi connectivity index (χ3v) is 7.48. The summed E-state index contributed by atoms with van der Waals surface area (Å²) in [6, 6.07) is 20.5. The maximum Gasteiger partial charge on any atom is 0.255 e. The van der Waals surface area contributed by atoms with E-state index in [1.165, 1.54) is 11.9 Å². The Morgan fingerprint density at radius 1 is 1.00 bits per heavy atom. The lowest BCUT2D eigenvalue weighted by molar-refractivity contribution is -0.0167. The third-order valence-electron chi connectivity index (χ3n) is 7.48. The zero-order valence-electron chi connectivity index (χ0n) is 24.9. The van der Waals surface area contributed by atoms with Crippen molar-refractivity contribution in [3.63, 3.8) is 0 Å². The second kappa shape index (κ2) is 12.7. The van der Waals surface area contributed by atoms with Crippen molar-refractivity contribution in [3.8, 4) is 11.4 Å². The van der Waals surface area contributed by atoms with E-state index in [0.717, 1.165) is 16.8 Å². The van der Waals surface area contributed by atoms with E-state index in [1.54, 1.807) is 17.0 Å². The van der Waals surface area contributed by atoms with E-state index in [-0.39, 0.29) is 23.3 Å². The summed E-state index contributed by atoms with van der Waals surface area (Å²) in [6.07, 6.45) is 1.30. The molecule has 1 aliphatic heterocycles. The number of amides is 2. The van der Waals surface area contributed by atoms with E-state index in [0.29, 0.717) is 54.8 Å². The fourth-order valence-electron chi connectivity index (χ4n) is 4.87. The molecular weight excluding hydrogens is 542 g/mol. The maximum atomic E-state index is 13.0. The summed E-state index contributed by atoms with van der Waals surface area (Å²) in [5, 5.41) is 6.21. The third kappa shape index (κ3) is 7.04. The first-order chi connectivity index (χ1) is 20.6. The molecular formula is C33H37N7O3. The minimum absolute atomic E-state index is 0.0127. The van der Waals surface area contributed by atoms with Gasteiger partial charge in [-0.3, -0.25) is 9.59 Å². The summed E-state index contributed by atoms with van der Waals surface area (Å²) < 4.78 is 5.57. The summed E-state index contributed by atoms with van der Waals surface area (Å²) >= 11 is 0. The topological polar surface area (TPSA) is 135 Å². The number of carbonyl (C=O) groups excluding carboxylic acids is 2. The number of nitrogens with zero attached hydrogens (tertiary/aromatic N) is 4. The molecule has 5 rings (SSSR count). The Kier molecular flexibility index (Phi) is 8.79. The van der Waals surface area contributed by atoms with E-state index >= 15 is 0 Å². The van der Waals surface area contributed by atoms with E-state index < -0.39 is 0 Å². The molecule has 0 bridgehead atoms. The molecule has 0 saturated carbocycles. The van der Waals surface area contributed by atoms with Crippen molar-refractivity contribution >= 4 is 29.1 Å². The Morgan fingerprint density at radius 3 is 2.42 bits per heavy atom. The van der Waals surface area contributed by atoms with E-state index in [9.17, 15) is 9.59 Å². The van der Waals surface area contributed by atoms with Crippen LogP contribution in [0.1, 0.15) is 52.6 Å². The number of carbonyl (C=O) groups is 2. The van der Waals surface area contributed by atoms with Crippen LogP contribution >= 0.6 is 0 Å². The number of nitrogens with one attached hydrogen (secondary N) is 2. The van der Waals surface area contributed by atoms with Gasteiger partial charge < -0.3 is 26.0 Å². The van der Waals surface area contributed by atoms with Crippen LogP contribution in [-0.4, -0.2) is 64.0 Å². The second-order valence-electron chi connectivity index (χ2n) is 11.6. The lowest BCUT2D eigenvalue weighted by atomic mass is 9.86. The predicted octanol–water partition coefficient (Wildman–Crippen LogP) is 4.94. The molecule has 1 aromatic heterocycles. The second-order valence-corrected chi connectivity index (χ2v) is 11.6. The van der Waals surface area contributed by atoms with Gasteiger partial charge in [0.1, 0.15) is 6.33 Å². The number of anilines is 3. The van der Waals surface area contributed by atoms with Crippen LogP contribution < -0.4 is 16.4 Å². The number of hydrogen-bond acceptors (Lipinski definition) is 8. The Morgan fingerprint density at radius 2 is 1.72 bits per heavy atom. The molecule has 2 amide bonds. The summed E-state index contributed by atoms with van der Waals surface area (Å²) in [6.45, 7) is 10.2.